The smallest absolute Gasteiger partial charge is 0.0930 e. The lowest BCUT2D eigenvalue weighted by molar-refractivity contribution is 0.0688. The third kappa shape index (κ3) is 16.0. The molecule has 0 bridgehead atoms. The summed E-state index contributed by atoms with van der Waals surface area (Å²) < 4.78 is 0. The van der Waals surface area contributed by atoms with E-state index in [4.69, 9.17) is 0 Å². The molecule has 0 N–H and O–H groups in total. The van der Waals surface area contributed by atoms with Gasteiger partial charge in [-0.05, 0) is 12.8 Å². The third-order valence-electron chi connectivity index (χ3n) is 4.26. The van der Waals surface area contributed by atoms with E-state index in [1.165, 1.54) is 77.0 Å². The van der Waals surface area contributed by atoms with E-state index in [0.717, 1.165) is 25.7 Å². The Kier molecular flexibility index (Phi) is 17.0. The van der Waals surface area contributed by atoms with Crippen LogP contribution in [0.15, 0.2) is 0 Å². The van der Waals surface area contributed by atoms with Gasteiger partial charge in [-0.15, -0.1) is 0 Å². The lowest BCUT2D eigenvalue weighted by Crippen LogP contribution is -2.04. The second kappa shape index (κ2) is 17.0. The molecule has 0 spiro atoms. The Hall–Kier alpha value is -0.0400. The number of rotatable bonds is 16. The summed E-state index contributed by atoms with van der Waals surface area (Å²) in [5.74, 6) is 0. The first kappa shape index (κ1) is 20.0. The van der Waals surface area contributed by atoms with Gasteiger partial charge in [0, 0.05) is 0 Å². The second-order valence-electron chi connectivity index (χ2n) is 6.44. The minimum atomic E-state index is -0.277. The van der Waals surface area contributed by atoms with Gasteiger partial charge in [-0.2, -0.15) is 0 Å². The first-order valence-corrected chi connectivity index (χ1v) is 9.47. The molecule has 0 aliphatic rings. The maximum absolute atomic E-state index is 11.8. The molecule has 0 aliphatic carbocycles. The summed E-state index contributed by atoms with van der Waals surface area (Å²) in [4.78, 5) is 0. The largest absolute Gasteiger partial charge is 0.233 e. The van der Waals surface area contributed by atoms with E-state index < -0.39 is 0 Å². The molecule has 0 aromatic rings. The Morgan fingerprint density at radius 3 is 1.15 bits per heavy atom. The Bertz CT molecular complexity index is 149. The van der Waals surface area contributed by atoms with Gasteiger partial charge in [0.05, 0.1) is 6.10 Å². The summed E-state index contributed by atoms with van der Waals surface area (Å²) in [7, 11) is 0. The van der Waals surface area contributed by atoms with Crippen LogP contribution in [0.25, 0.3) is 0 Å². The number of hydrogen-bond acceptors (Lipinski definition) is 0. The van der Waals surface area contributed by atoms with Crippen LogP contribution in [0.5, 0.6) is 0 Å². The van der Waals surface area contributed by atoms with Gasteiger partial charge in [-0.25, -0.2) is 5.11 Å². The maximum Gasteiger partial charge on any atom is 0.0930 e. The highest BCUT2D eigenvalue weighted by Gasteiger charge is 2.05. The van der Waals surface area contributed by atoms with Crippen LogP contribution >= 0.6 is 0 Å². The zero-order valence-corrected chi connectivity index (χ0v) is 14.3. The molecular formula is C19H39O. The van der Waals surface area contributed by atoms with E-state index >= 15 is 0 Å². The second-order valence-corrected chi connectivity index (χ2v) is 6.44. The minimum Gasteiger partial charge on any atom is -0.233 e. The summed E-state index contributed by atoms with van der Waals surface area (Å²) in [5, 5.41) is 11.8. The molecule has 0 fully saturated rings. The predicted octanol–water partition coefficient (Wildman–Crippen LogP) is 7.07. The van der Waals surface area contributed by atoms with E-state index in [0.29, 0.717) is 0 Å². The zero-order valence-electron chi connectivity index (χ0n) is 14.3. The van der Waals surface area contributed by atoms with Crippen LogP contribution in [-0.4, -0.2) is 6.10 Å². The molecule has 0 aromatic heterocycles. The molecule has 0 atom stereocenters. The average molecular weight is 284 g/mol. The molecule has 1 heteroatoms. The number of unbranched alkanes of at least 4 members (excludes halogenated alkanes) is 12. The molecule has 1 radical (unpaired) electrons. The topological polar surface area (TPSA) is 19.9 Å². The third-order valence-corrected chi connectivity index (χ3v) is 4.26. The van der Waals surface area contributed by atoms with Crippen molar-refractivity contribution in [1.82, 2.24) is 0 Å². The Balaban J connectivity index is 3.11. The van der Waals surface area contributed by atoms with Crippen LogP contribution in [0.4, 0.5) is 0 Å². The fourth-order valence-corrected chi connectivity index (χ4v) is 2.80. The fraction of sp³-hybridized carbons (Fsp3) is 1.00. The van der Waals surface area contributed by atoms with Crippen molar-refractivity contribution in [3.05, 3.63) is 0 Å². The highest BCUT2D eigenvalue weighted by molar-refractivity contribution is 4.57. The van der Waals surface area contributed by atoms with Gasteiger partial charge >= 0.3 is 0 Å². The standard InChI is InChI=1S/C19H39O/c1-3-5-7-9-11-13-15-17-19(20)18-16-14-12-10-8-6-4-2/h19H,3-18H2,1-2H3. The first-order valence-electron chi connectivity index (χ1n) is 9.47. The van der Waals surface area contributed by atoms with Crippen molar-refractivity contribution in [2.45, 2.75) is 123 Å². The van der Waals surface area contributed by atoms with Gasteiger partial charge in [0.25, 0.3) is 0 Å². The molecule has 121 valence electrons. The molecule has 1 nitrogen and oxygen atoms in total. The van der Waals surface area contributed by atoms with Crippen molar-refractivity contribution in [2.24, 2.45) is 0 Å². The van der Waals surface area contributed by atoms with E-state index in [-0.39, 0.29) is 6.10 Å². The molecule has 0 amide bonds. The molecule has 0 saturated heterocycles. The highest BCUT2D eigenvalue weighted by atomic mass is 16.3. The summed E-state index contributed by atoms with van der Waals surface area (Å²) in [6, 6.07) is 0. The zero-order chi connectivity index (χ0) is 14.9. The molecule has 0 unspecified atom stereocenters. The van der Waals surface area contributed by atoms with Crippen LogP contribution in [0, 0.1) is 0 Å². The normalized spacial score (nSPS) is 11.4. The van der Waals surface area contributed by atoms with E-state index in [2.05, 4.69) is 13.8 Å². The fourth-order valence-electron chi connectivity index (χ4n) is 2.80. The molecule has 20 heavy (non-hydrogen) atoms. The minimum absolute atomic E-state index is 0.277. The van der Waals surface area contributed by atoms with Gasteiger partial charge in [0.2, 0.25) is 0 Å². The van der Waals surface area contributed by atoms with Crippen molar-refractivity contribution >= 4 is 0 Å². The molecule has 0 heterocycles. The van der Waals surface area contributed by atoms with E-state index in [1.54, 1.807) is 0 Å². The van der Waals surface area contributed by atoms with Crippen molar-refractivity contribution in [3.63, 3.8) is 0 Å². The summed E-state index contributed by atoms with van der Waals surface area (Å²) >= 11 is 0. The molecular weight excluding hydrogens is 244 g/mol. The summed E-state index contributed by atoms with van der Waals surface area (Å²) in [5.41, 5.74) is 0. The van der Waals surface area contributed by atoms with Crippen LogP contribution in [-0.2, 0) is 5.11 Å². The lowest BCUT2D eigenvalue weighted by Gasteiger charge is -2.08. The monoisotopic (exact) mass is 283 g/mol. The highest BCUT2D eigenvalue weighted by Crippen LogP contribution is 2.14. The van der Waals surface area contributed by atoms with Gasteiger partial charge in [-0.3, -0.25) is 0 Å². The Morgan fingerprint density at radius 2 is 0.800 bits per heavy atom. The van der Waals surface area contributed by atoms with Crippen molar-refractivity contribution in [1.29, 1.82) is 0 Å². The maximum atomic E-state index is 11.8. The lowest BCUT2D eigenvalue weighted by atomic mass is 10.0. The quantitative estimate of drug-likeness (QED) is 0.270. The Morgan fingerprint density at radius 1 is 0.500 bits per heavy atom. The van der Waals surface area contributed by atoms with E-state index in [1.807, 2.05) is 0 Å². The van der Waals surface area contributed by atoms with Crippen LogP contribution in [0.3, 0.4) is 0 Å². The SMILES string of the molecule is CCCCCCCCCC([O])CCCCCCCCC. The van der Waals surface area contributed by atoms with Crippen LogP contribution in [0.1, 0.15) is 117 Å². The Labute approximate surface area is 128 Å². The predicted molar refractivity (Wildman–Crippen MR) is 89.7 cm³/mol. The average Bonchev–Trinajstić information content (AvgIpc) is 2.45. The van der Waals surface area contributed by atoms with Gasteiger partial charge in [0.1, 0.15) is 0 Å². The van der Waals surface area contributed by atoms with Crippen LogP contribution < -0.4 is 0 Å². The van der Waals surface area contributed by atoms with Gasteiger partial charge in [-0.1, -0.05) is 104 Å². The molecule has 0 aliphatic heterocycles. The van der Waals surface area contributed by atoms with Crippen molar-refractivity contribution in [3.8, 4) is 0 Å². The summed E-state index contributed by atoms with van der Waals surface area (Å²) in [6.45, 7) is 4.51. The van der Waals surface area contributed by atoms with Crippen LogP contribution in [0.2, 0.25) is 0 Å². The molecule has 0 aromatic carbocycles. The van der Waals surface area contributed by atoms with E-state index in [9.17, 15) is 5.11 Å². The van der Waals surface area contributed by atoms with Crippen molar-refractivity contribution in [2.75, 3.05) is 0 Å². The van der Waals surface area contributed by atoms with Crippen molar-refractivity contribution < 1.29 is 5.11 Å². The van der Waals surface area contributed by atoms with Gasteiger partial charge in [0.15, 0.2) is 0 Å². The first-order chi connectivity index (χ1) is 9.81. The number of hydrogen-bond donors (Lipinski definition) is 0. The molecule has 0 rings (SSSR count). The molecule has 0 saturated carbocycles. The summed E-state index contributed by atoms with van der Waals surface area (Å²) in [6.07, 6.45) is 20.0. The van der Waals surface area contributed by atoms with Gasteiger partial charge < -0.3 is 0 Å².